The summed E-state index contributed by atoms with van der Waals surface area (Å²) in [4.78, 5) is 8.88. The molecule has 1 fully saturated rings. The first-order valence-corrected chi connectivity index (χ1v) is 8.38. The van der Waals surface area contributed by atoms with Gasteiger partial charge in [-0.2, -0.15) is 11.8 Å². The van der Waals surface area contributed by atoms with Gasteiger partial charge in [-0.15, -0.1) is 0 Å². The number of hydrogen-bond donors (Lipinski definition) is 2. The van der Waals surface area contributed by atoms with Crippen LogP contribution in [0.15, 0.2) is 6.07 Å². The van der Waals surface area contributed by atoms with Crippen LogP contribution in [0.2, 0.25) is 0 Å². The minimum absolute atomic E-state index is 0.434. The summed E-state index contributed by atoms with van der Waals surface area (Å²) in [5, 5.41) is 7.44. The molecule has 1 saturated carbocycles. The van der Waals surface area contributed by atoms with Gasteiger partial charge in [0.2, 0.25) is 0 Å². The summed E-state index contributed by atoms with van der Waals surface area (Å²) in [5.74, 6) is 2.43. The largest absolute Gasteiger partial charge is 0.377 e. The monoisotopic (exact) mass is 296 g/mol. The lowest BCUT2D eigenvalue weighted by molar-refractivity contribution is 0.178. The Morgan fingerprint density at radius 2 is 1.95 bits per heavy atom. The van der Waals surface area contributed by atoms with Crippen molar-refractivity contribution in [1.82, 2.24) is 9.97 Å². The molecule has 1 aromatic rings. The van der Waals surface area contributed by atoms with Gasteiger partial charge in [-0.05, 0) is 31.9 Å². The third-order valence-electron chi connectivity index (χ3n) is 3.66. The highest BCUT2D eigenvalue weighted by molar-refractivity contribution is 7.99. The van der Waals surface area contributed by atoms with Gasteiger partial charge in [0.15, 0.2) is 5.82 Å². The van der Waals surface area contributed by atoms with Gasteiger partial charge in [-0.1, -0.05) is 0 Å². The number of anilines is 2. The molecule has 0 unspecified atom stereocenters. The van der Waals surface area contributed by atoms with Crippen LogP contribution in [0.25, 0.3) is 0 Å². The van der Waals surface area contributed by atoms with Gasteiger partial charge < -0.3 is 15.4 Å². The molecular weight excluding hydrogens is 272 g/mol. The van der Waals surface area contributed by atoms with E-state index in [0.29, 0.717) is 18.5 Å². The van der Waals surface area contributed by atoms with E-state index in [0.717, 1.165) is 16.9 Å². The molecule has 0 spiro atoms. The van der Waals surface area contributed by atoms with Crippen molar-refractivity contribution in [2.24, 2.45) is 0 Å². The summed E-state index contributed by atoms with van der Waals surface area (Å²) in [6.45, 7) is 0.434. The van der Waals surface area contributed by atoms with Crippen LogP contribution in [0, 0.1) is 0 Å². The number of nitrogens with one attached hydrogen (secondary N) is 2. The van der Waals surface area contributed by atoms with Crippen LogP contribution in [0.5, 0.6) is 0 Å². The van der Waals surface area contributed by atoms with Crippen LogP contribution in [-0.2, 0) is 11.3 Å². The highest BCUT2D eigenvalue weighted by Gasteiger charge is 2.20. The minimum atomic E-state index is 0.434. The van der Waals surface area contributed by atoms with Gasteiger partial charge in [0, 0.05) is 31.5 Å². The number of thioether (sulfide) groups is 1. The maximum atomic E-state index is 5.12. The molecule has 5 nitrogen and oxygen atoms in total. The van der Waals surface area contributed by atoms with Crippen molar-refractivity contribution in [2.75, 3.05) is 31.0 Å². The van der Waals surface area contributed by atoms with Crippen molar-refractivity contribution < 1.29 is 4.74 Å². The van der Waals surface area contributed by atoms with E-state index in [9.17, 15) is 0 Å². The number of nitrogens with zero attached hydrogens (tertiary/aromatic N) is 2. The van der Waals surface area contributed by atoms with Crippen LogP contribution in [-0.4, -0.2) is 41.7 Å². The van der Waals surface area contributed by atoms with Gasteiger partial charge in [-0.25, -0.2) is 9.97 Å². The predicted molar refractivity (Wildman–Crippen MR) is 85.5 cm³/mol. The maximum Gasteiger partial charge on any atom is 0.158 e. The highest BCUT2D eigenvalue weighted by atomic mass is 32.2. The summed E-state index contributed by atoms with van der Waals surface area (Å²) in [5.41, 5.74) is 0. The molecule has 2 rings (SSSR count). The smallest absolute Gasteiger partial charge is 0.158 e. The zero-order valence-electron chi connectivity index (χ0n) is 12.5. The normalized spacial score (nSPS) is 22.6. The molecule has 20 heavy (non-hydrogen) atoms. The molecule has 0 atom stereocenters. The van der Waals surface area contributed by atoms with Crippen molar-refractivity contribution in [3.05, 3.63) is 11.9 Å². The second-order valence-corrected chi connectivity index (χ2v) is 6.23. The molecule has 1 aliphatic carbocycles. The SMILES string of the molecule is CNc1cc(NC2CCC(SC)CC2)nc(COC)n1. The summed E-state index contributed by atoms with van der Waals surface area (Å²) in [6.07, 6.45) is 7.20. The fourth-order valence-corrected chi connectivity index (χ4v) is 3.29. The molecule has 0 radical (unpaired) electrons. The molecule has 1 heterocycles. The van der Waals surface area contributed by atoms with Crippen LogP contribution in [0.4, 0.5) is 11.6 Å². The average molecular weight is 296 g/mol. The van der Waals surface area contributed by atoms with Gasteiger partial charge in [0.25, 0.3) is 0 Å². The molecular formula is C14H24N4OS. The Kier molecular flexibility index (Phi) is 5.91. The molecule has 0 aromatic carbocycles. The molecule has 6 heteroatoms. The molecule has 0 amide bonds. The average Bonchev–Trinajstić information content (AvgIpc) is 2.48. The standard InChI is InChI=1S/C14H24N4OS/c1-15-12-8-13(18-14(17-12)9-19-2)16-10-4-6-11(20-3)7-5-10/h8,10-11H,4-7,9H2,1-3H3,(H2,15,16,17,18). The summed E-state index contributed by atoms with van der Waals surface area (Å²) in [6, 6.07) is 2.48. The third-order valence-corrected chi connectivity index (χ3v) is 4.80. The fourth-order valence-electron chi connectivity index (χ4n) is 2.54. The summed E-state index contributed by atoms with van der Waals surface area (Å²) >= 11 is 1.99. The van der Waals surface area contributed by atoms with E-state index in [4.69, 9.17) is 4.74 Å². The third kappa shape index (κ3) is 4.24. The number of methoxy groups -OCH3 is 1. The van der Waals surface area contributed by atoms with E-state index in [2.05, 4.69) is 26.9 Å². The van der Waals surface area contributed by atoms with E-state index in [1.165, 1.54) is 25.7 Å². The first kappa shape index (κ1) is 15.4. The van der Waals surface area contributed by atoms with Crippen molar-refractivity contribution in [1.29, 1.82) is 0 Å². The second kappa shape index (κ2) is 7.69. The molecule has 2 N–H and O–H groups in total. The summed E-state index contributed by atoms with van der Waals surface area (Å²) in [7, 11) is 3.53. The first-order valence-electron chi connectivity index (χ1n) is 7.09. The Morgan fingerprint density at radius 3 is 2.55 bits per heavy atom. The lowest BCUT2D eigenvalue weighted by atomic mass is 9.95. The number of ether oxygens (including phenoxy) is 1. The molecule has 0 aliphatic heterocycles. The van der Waals surface area contributed by atoms with E-state index >= 15 is 0 Å². The molecule has 1 aliphatic rings. The second-order valence-electron chi connectivity index (χ2n) is 5.09. The summed E-state index contributed by atoms with van der Waals surface area (Å²) < 4.78 is 5.12. The van der Waals surface area contributed by atoms with Gasteiger partial charge in [0.05, 0.1) is 0 Å². The molecule has 0 bridgehead atoms. The lowest BCUT2D eigenvalue weighted by Crippen LogP contribution is -2.27. The zero-order chi connectivity index (χ0) is 14.4. The quantitative estimate of drug-likeness (QED) is 0.842. The minimum Gasteiger partial charge on any atom is -0.377 e. The fraction of sp³-hybridized carbons (Fsp3) is 0.714. The predicted octanol–water partition coefficient (Wildman–Crippen LogP) is 2.75. The Bertz CT molecular complexity index is 422. The Hall–Kier alpha value is -1.01. The van der Waals surface area contributed by atoms with Crippen LogP contribution in [0.3, 0.4) is 0 Å². The van der Waals surface area contributed by atoms with Gasteiger partial charge >= 0.3 is 0 Å². The number of rotatable bonds is 6. The van der Waals surface area contributed by atoms with Crippen molar-refractivity contribution >= 4 is 23.4 Å². The lowest BCUT2D eigenvalue weighted by Gasteiger charge is -2.28. The Balaban J connectivity index is 1.99. The van der Waals surface area contributed by atoms with E-state index in [1.807, 2.05) is 24.9 Å². The Morgan fingerprint density at radius 1 is 1.25 bits per heavy atom. The van der Waals surface area contributed by atoms with Crippen molar-refractivity contribution in [2.45, 2.75) is 43.6 Å². The maximum absolute atomic E-state index is 5.12. The van der Waals surface area contributed by atoms with Crippen LogP contribution < -0.4 is 10.6 Å². The van der Waals surface area contributed by atoms with Gasteiger partial charge in [-0.3, -0.25) is 0 Å². The molecule has 112 valence electrons. The van der Waals surface area contributed by atoms with E-state index in [-0.39, 0.29) is 0 Å². The zero-order valence-corrected chi connectivity index (χ0v) is 13.3. The highest BCUT2D eigenvalue weighted by Crippen LogP contribution is 2.28. The van der Waals surface area contributed by atoms with Crippen LogP contribution >= 0.6 is 11.8 Å². The number of hydrogen-bond acceptors (Lipinski definition) is 6. The Labute approximate surface area is 125 Å². The first-order chi connectivity index (χ1) is 9.75. The number of aromatic nitrogens is 2. The van der Waals surface area contributed by atoms with Crippen LogP contribution in [0.1, 0.15) is 31.5 Å². The molecule has 0 saturated heterocycles. The van der Waals surface area contributed by atoms with Crippen molar-refractivity contribution in [3.8, 4) is 0 Å². The van der Waals surface area contributed by atoms with E-state index in [1.54, 1.807) is 7.11 Å². The van der Waals surface area contributed by atoms with E-state index < -0.39 is 0 Å². The topological polar surface area (TPSA) is 59.1 Å². The molecule has 1 aromatic heterocycles. The van der Waals surface area contributed by atoms with Crippen molar-refractivity contribution in [3.63, 3.8) is 0 Å². The van der Waals surface area contributed by atoms with Gasteiger partial charge in [0.1, 0.15) is 18.2 Å².